The fourth-order valence-corrected chi connectivity index (χ4v) is 9.40. The number of hydrogen-bond donors (Lipinski definition) is 3. The Morgan fingerprint density at radius 3 is 1.76 bits per heavy atom. The number of ether oxygens (including phenoxy) is 5. The van der Waals surface area contributed by atoms with Crippen molar-refractivity contribution in [3.05, 3.63) is 108 Å². The zero-order valence-electron chi connectivity index (χ0n) is 40.5. The molecule has 6 heterocycles. The average molecular weight is 995 g/mol. The number of benzene rings is 4. The Kier molecular flexibility index (Phi) is 15.6. The third-order valence-electron chi connectivity index (χ3n) is 11.5. The van der Waals surface area contributed by atoms with E-state index >= 15 is 0 Å². The first-order chi connectivity index (χ1) is 34.5. The number of aromatic nitrogens is 6. The summed E-state index contributed by atoms with van der Waals surface area (Å²) in [6.45, 7) is 11.5. The molecule has 10 rings (SSSR count). The summed E-state index contributed by atoms with van der Waals surface area (Å²) in [5.41, 5.74) is 4.67. The summed E-state index contributed by atoms with van der Waals surface area (Å²) in [6, 6.07) is 23.5. The van der Waals surface area contributed by atoms with Gasteiger partial charge in [0.05, 0.1) is 35.9 Å². The first-order valence-electron chi connectivity index (χ1n) is 23.9. The van der Waals surface area contributed by atoms with Gasteiger partial charge in [-0.3, -0.25) is 0 Å². The maximum Gasteiger partial charge on any atom is 0.410 e. The fraction of sp³-hybridized carbons (Fsp3) is 0.340. The Balaban J connectivity index is 0.000000177. The minimum atomic E-state index is -0.514. The predicted octanol–water partition coefficient (Wildman–Crippen LogP) is 11.7. The summed E-state index contributed by atoms with van der Waals surface area (Å²) >= 11 is 3.16. The second-order valence-electron chi connectivity index (χ2n) is 18.1. The molecule has 2 saturated heterocycles. The number of methoxy groups -OCH3 is 1. The number of carbonyl (C=O) groups excluding carboxylic acids is 1. The van der Waals surface area contributed by atoms with Crippen LogP contribution in [0.15, 0.2) is 108 Å². The number of nitrogens with one attached hydrogen (secondary N) is 3. The molecule has 368 valence electrons. The van der Waals surface area contributed by atoms with Crippen LogP contribution in [0.1, 0.15) is 59.8 Å². The number of thiazole rings is 2. The van der Waals surface area contributed by atoms with E-state index in [0.717, 1.165) is 104 Å². The van der Waals surface area contributed by atoms with Gasteiger partial charge in [-0.2, -0.15) is 0 Å². The van der Waals surface area contributed by atoms with Gasteiger partial charge in [0.15, 0.2) is 0 Å². The van der Waals surface area contributed by atoms with Crippen LogP contribution in [0, 0.1) is 0 Å². The number of hydrogen-bond acceptors (Lipinski definition) is 17. The molecule has 1 amide bonds. The third-order valence-corrected chi connectivity index (χ3v) is 13.2. The molecule has 0 unspecified atom stereocenters. The van der Waals surface area contributed by atoms with Crippen LogP contribution in [-0.4, -0.2) is 98.6 Å². The molecular formula is C53H58N10O6S2. The summed E-state index contributed by atoms with van der Waals surface area (Å²) in [5.74, 6) is 4.12. The summed E-state index contributed by atoms with van der Waals surface area (Å²) < 4.78 is 29.6. The Morgan fingerprint density at radius 1 is 0.718 bits per heavy atom. The van der Waals surface area contributed by atoms with Crippen LogP contribution in [0.5, 0.6) is 23.0 Å². The highest BCUT2D eigenvalue weighted by Gasteiger charge is 2.29. The monoisotopic (exact) mass is 994 g/mol. The molecule has 16 nitrogen and oxygen atoms in total. The van der Waals surface area contributed by atoms with Gasteiger partial charge in [-0.1, -0.05) is 19.1 Å². The van der Waals surface area contributed by atoms with Crippen molar-refractivity contribution < 1.29 is 28.5 Å². The standard InChI is InChI=1S/C28H31N5O4S.C25H27N5O2S/c1-28(2,3)37-27(34)33-11-8-20(9-12-33)36-24-16-23-18(14-22(24)25-29-10-13-38-25)17-30-26(32-23)31-19-6-5-7-21(15-19)35-4;1-2-11-31-20-5-3-4-18(14-20)29-25-28-16-17-13-21(24-27-10-12-33-24)23(15-22(17)30-25)32-19-6-8-26-9-7-19/h5-7,10,13-17,20H,8-9,11-12H2,1-4H3,(H,30,31,32);3-5,10,12-16,19,26H,2,6-9,11H2,1H3,(H,28,29,30). The van der Waals surface area contributed by atoms with E-state index in [-0.39, 0.29) is 18.3 Å². The largest absolute Gasteiger partial charge is 0.497 e. The number of amides is 1. The van der Waals surface area contributed by atoms with Crippen molar-refractivity contribution in [2.45, 2.75) is 77.6 Å². The van der Waals surface area contributed by atoms with Crippen LogP contribution < -0.4 is 34.9 Å². The Morgan fingerprint density at radius 2 is 1.25 bits per heavy atom. The molecule has 3 N–H and O–H groups in total. The van der Waals surface area contributed by atoms with Gasteiger partial charge in [-0.15, -0.1) is 22.7 Å². The van der Waals surface area contributed by atoms with Gasteiger partial charge in [0, 0.05) is 108 Å². The molecular weight excluding hydrogens is 937 g/mol. The normalized spacial score (nSPS) is 14.4. The first-order valence-corrected chi connectivity index (χ1v) is 25.7. The van der Waals surface area contributed by atoms with Gasteiger partial charge in [-0.25, -0.2) is 34.7 Å². The highest BCUT2D eigenvalue weighted by atomic mass is 32.1. The SMILES string of the molecule is CCCOc1cccc(Nc2ncc3cc(-c4nccs4)c(OC4CCNCC4)cc3n2)c1.COc1cccc(Nc2ncc3cc(-c4nccs4)c(OC4CCN(C(=O)OC(C)(C)C)CC4)cc3n2)c1. The van der Waals surface area contributed by atoms with Crippen molar-refractivity contribution in [2.75, 3.05) is 50.5 Å². The molecule has 4 aromatic heterocycles. The Labute approximate surface area is 421 Å². The lowest BCUT2D eigenvalue weighted by molar-refractivity contribution is 0.0127. The van der Waals surface area contributed by atoms with Crippen LogP contribution in [0.3, 0.4) is 0 Å². The van der Waals surface area contributed by atoms with Crippen LogP contribution in [0.2, 0.25) is 0 Å². The smallest absolute Gasteiger partial charge is 0.410 e. The first kappa shape index (κ1) is 48.9. The molecule has 0 bridgehead atoms. The van der Waals surface area contributed by atoms with E-state index in [0.29, 0.717) is 50.2 Å². The molecule has 2 fully saturated rings. The Hall–Kier alpha value is -7.15. The maximum absolute atomic E-state index is 12.5. The van der Waals surface area contributed by atoms with Gasteiger partial charge in [0.2, 0.25) is 11.9 Å². The summed E-state index contributed by atoms with van der Waals surface area (Å²) in [6.07, 6.45) is 11.5. The Bertz CT molecular complexity index is 3030. The molecule has 0 saturated carbocycles. The quantitative estimate of drug-likeness (QED) is 0.0936. The number of fused-ring (bicyclic) bond motifs is 2. The minimum Gasteiger partial charge on any atom is -0.497 e. The summed E-state index contributed by atoms with van der Waals surface area (Å²) in [5, 5.41) is 17.5. The van der Waals surface area contributed by atoms with E-state index in [9.17, 15) is 4.79 Å². The topological polar surface area (TPSA) is 180 Å². The maximum atomic E-state index is 12.5. The molecule has 71 heavy (non-hydrogen) atoms. The molecule has 2 aliphatic rings. The van der Waals surface area contributed by atoms with Crippen molar-refractivity contribution >= 4 is 73.8 Å². The van der Waals surface area contributed by atoms with Crippen molar-refractivity contribution in [1.82, 2.24) is 40.1 Å². The lowest BCUT2D eigenvalue weighted by Gasteiger charge is -2.33. The molecule has 0 spiro atoms. The molecule has 0 atom stereocenters. The highest BCUT2D eigenvalue weighted by Crippen LogP contribution is 2.38. The average Bonchev–Trinajstić information content (AvgIpc) is 4.13. The number of rotatable bonds is 14. The van der Waals surface area contributed by atoms with Crippen molar-refractivity contribution in [1.29, 1.82) is 0 Å². The zero-order chi connectivity index (χ0) is 49.2. The number of nitrogens with zero attached hydrogens (tertiary/aromatic N) is 7. The predicted molar refractivity (Wildman–Crippen MR) is 281 cm³/mol. The van der Waals surface area contributed by atoms with Crippen LogP contribution in [0.4, 0.5) is 28.1 Å². The zero-order valence-corrected chi connectivity index (χ0v) is 42.1. The second kappa shape index (κ2) is 22.7. The molecule has 0 aliphatic carbocycles. The number of carbonyl (C=O) groups is 1. The molecule has 2 aliphatic heterocycles. The van der Waals surface area contributed by atoms with Gasteiger partial charge >= 0.3 is 6.09 Å². The van der Waals surface area contributed by atoms with Gasteiger partial charge in [0.25, 0.3) is 0 Å². The van der Waals surface area contributed by atoms with Gasteiger partial charge < -0.3 is 44.5 Å². The van der Waals surface area contributed by atoms with Gasteiger partial charge in [-0.05, 0) is 89.5 Å². The molecule has 8 aromatic rings. The fourth-order valence-electron chi connectivity index (χ4n) is 8.08. The minimum absolute atomic E-state index is 0.0407. The number of piperidine rings is 2. The van der Waals surface area contributed by atoms with Crippen LogP contribution in [0.25, 0.3) is 42.9 Å². The lowest BCUT2D eigenvalue weighted by Crippen LogP contribution is -2.44. The van der Waals surface area contributed by atoms with Crippen LogP contribution in [-0.2, 0) is 4.74 Å². The number of likely N-dealkylation sites (tertiary alicyclic amines) is 1. The van der Waals surface area contributed by atoms with E-state index in [2.05, 4.69) is 48.9 Å². The van der Waals surface area contributed by atoms with Crippen molar-refractivity contribution in [3.63, 3.8) is 0 Å². The van der Waals surface area contributed by atoms with Crippen molar-refractivity contribution in [3.8, 4) is 44.1 Å². The van der Waals surface area contributed by atoms with E-state index < -0.39 is 5.60 Å². The number of anilines is 4. The summed E-state index contributed by atoms with van der Waals surface area (Å²) in [7, 11) is 1.63. The van der Waals surface area contributed by atoms with E-state index in [1.807, 2.05) is 111 Å². The van der Waals surface area contributed by atoms with Gasteiger partial charge in [0.1, 0.15) is 50.8 Å². The van der Waals surface area contributed by atoms with E-state index in [1.165, 1.54) is 0 Å². The highest BCUT2D eigenvalue weighted by molar-refractivity contribution is 7.13. The molecule has 4 aromatic carbocycles. The lowest BCUT2D eigenvalue weighted by atomic mass is 10.1. The molecule has 0 radical (unpaired) electrons. The molecule has 18 heteroatoms. The van der Waals surface area contributed by atoms with E-state index in [4.69, 9.17) is 33.7 Å². The van der Waals surface area contributed by atoms with E-state index in [1.54, 1.807) is 47.1 Å². The third kappa shape index (κ3) is 13.0. The summed E-state index contributed by atoms with van der Waals surface area (Å²) in [4.78, 5) is 41.8. The van der Waals surface area contributed by atoms with Crippen LogP contribution >= 0.6 is 22.7 Å². The van der Waals surface area contributed by atoms with Crippen molar-refractivity contribution in [2.24, 2.45) is 0 Å². The second-order valence-corrected chi connectivity index (χ2v) is 19.9.